The maximum atomic E-state index is 15.6. The van der Waals surface area contributed by atoms with E-state index in [1.165, 1.54) is 13.8 Å². The summed E-state index contributed by atoms with van der Waals surface area (Å²) in [5.74, 6) is -2.03. The Balaban J connectivity index is 0.787. The van der Waals surface area contributed by atoms with Gasteiger partial charge in [0.05, 0.1) is 70.2 Å². The van der Waals surface area contributed by atoms with E-state index in [1.54, 1.807) is 6.92 Å². The first-order valence-electron chi connectivity index (χ1n) is 33.1. The molecule has 6 heterocycles. The molecule has 0 aromatic carbocycles. The average molecular weight is 1360 g/mol. The molecule has 18 N–H and O–H groups in total. The molecular weight excluding hydrogens is 1250 g/mol. The molecular formula is C63H102O31. The van der Waals surface area contributed by atoms with Crippen molar-refractivity contribution in [3.8, 4) is 0 Å². The van der Waals surface area contributed by atoms with Crippen molar-refractivity contribution < 1.29 is 154 Å². The van der Waals surface area contributed by atoms with Gasteiger partial charge in [-0.1, -0.05) is 53.2 Å². The SMILES string of the molecule is CC1OC(OC(=O)C23CCC(C)(C)CC2C2=CCC4C5(C)CC(O)C(OC6OC(COC7OCC(O)C(O)C7O)C(O)C(O)C6O)C(C)(CO)C5CCC4(C)C2(C)CC3O)C(OC2OC(C)C(OC3OCC(OC4OCC(O)(CO)C4O)C(O)C3O)C(O)C2O)C(O)C1O. The molecule has 37 atom stereocenters. The molecule has 11 aliphatic rings. The Morgan fingerprint density at radius 2 is 1.19 bits per heavy atom. The second-order valence-electron chi connectivity index (χ2n) is 30.8. The van der Waals surface area contributed by atoms with Gasteiger partial charge in [-0.15, -0.1) is 0 Å². The van der Waals surface area contributed by atoms with Crippen LogP contribution in [-0.4, -0.2) is 315 Å². The minimum Gasteiger partial charge on any atom is -0.432 e. The molecule has 4 saturated carbocycles. The molecule has 94 heavy (non-hydrogen) atoms. The summed E-state index contributed by atoms with van der Waals surface area (Å²) in [6.45, 7) is 12.1. The smallest absolute Gasteiger partial charge is 0.317 e. The van der Waals surface area contributed by atoms with Crippen LogP contribution in [0.2, 0.25) is 0 Å². The second kappa shape index (κ2) is 26.8. The number of aliphatic hydroxyl groups excluding tert-OH is 17. The first-order chi connectivity index (χ1) is 44.0. The van der Waals surface area contributed by atoms with Gasteiger partial charge in [0.1, 0.15) is 109 Å². The molecule has 0 spiro atoms. The lowest BCUT2D eigenvalue weighted by atomic mass is 9.33. The van der Waals surface area contributed by atoms with Crippen molar-refractivity contribution in [1.82, 2.24) is 0 Å². The van der Waals surface area contributed by atoms with E-state index in [1.807, 2.05) is 0 Å². The third-order valence-corrected chi connectivity index (χ3v) is 24.6. The molecule has 0 aromatic heterocycles. The molecule has 0 aromatic rings. The summed E-state index contributed by atoms with van der Waals surface area (Å²) in [6, 6.07) is 0. The van der Waals surface area contributed by atoms with Gasteiger partial charge in [0, 0.05) is 5.41 Å². The molecule has 11 rings (SSSR count). The van der Waals surface area contributed by atoms with E-state index in [2.05, 4.69) is 40.7 Å². The van der Waals surface area contributed by atoms with E-state index in [0.717, 1.165) is 5.57 Å². The molecule has 5 aliphatic carbocycles. The number of ether oxygens (including phenoxy) is 12. The molecule has 6 saturated heterocycles. The molecule has 0 radical (unpaired) electrons. The summed E-state index contributed by atoms with van der Waals surface area (Å²) in [5, 5.41) is 200. The maximum Gasteiger partial charge on any atom is 0.317 e. The van der Waals surface area contributed by atoms with Crippen LogP contribution in [0.1, 0.15) is 107 Å². The Morgan fingerprint density at radius 1 is 0.564 bits per heavy atom. The van der Waals surface area contributed by atoms with Crippen molar-refractivity contribution in [2.45, 2.75) is 284 Å². The van der Waals surface area contributed by atoms with Crippen molar-refractivity contribution in [2.24, 2.45) is 50.2 Å². The van der Waals surface area contributed by atoms with Gasteiger partial charge >= 0.3 is 5.97 Å². The number of allylic oxidation sites excluding steroid dienone is 2. The Bertz CT molecular complexity index is 2680. The van der Waals surface area contributed by atoms with Crippen LogP contribution in [0, 0.1) is 50.2 Å². The minimum absolute atomic E-state index is 0.0885. The Morgan fingerprint density at radius 3 is 1.87 bits per heavy atom. The highest BCUT2D eigenvalue weighted by atomic mass is 16.8. The number of hydrogen-bond donors (Lipinski definition) is 18. The van der Waals surface area contributed by atoms with Crippen molar-refractivity contribution in [3.05, 3.63) is 11.6 Å². The summed E-state index contributed by atoms with van der Waals surface area (Å²) in [6.07, 6.45) is -39.8. The van der Waals surface area contributed by atoms with Crippen LogP contribution in [0.15, 0.2) is 11.6 Å². The van der Waals surface area contributed by atoms with Gasteiger partial charge in [0.2, 0.25) is 6.29 Å². The predicted molar refractivity (Wildman–Crippen MR) is 311 cm³/mol. The molecule has 31 nitrogen and oxygen atoms in total. The number of fused-ring (bicyclic) bond motifs is 7. The third-order valence-electron chi connectivity index (χ3n) is 24.6. The lowest BCUT2D eigenvalue weighted by Crippen LogP contribution is -2.70. The number of aliphatic hydroxyl groups is 18. The zero-order chi connectivity index (χ0) is 68.6. The zero-order valence-corrected chi connectivity index (χ0v) is 54.2. The number of rotatable bonds is 15. The van der Waals surface area contributed by atoms with Crippen LogP contribution in [-0.2, 0) is 61.6 Å². The lowest BCUT2D eigenvalue weighted by Gasteiger charge is -2.72. The quantitative estimate of drug-likeness (QED) is 0.0413. The van der Waals surface area contributed by atoms with Gasteiger partial charge < -0.3 is 149 Å². The molecule has 31 heteroatoms. The Hall–Kier alpha value is -1.95. The predicted octanol–water partition coefficient (Wildman–Crippen LogP) is -5.50. The minimum atomic E-state index is -2.03. The Labute approximate surface area is 543 Å². The standard InChI is InChI=1S/C63H102O31/c1-24-35(69)40(74)47(92-52-45(79)41(75)46(25(2)88-52)91-51-43(77)38(72)31(20-85-51)90-55-48(80)62(82,22-65)23-86-55)54(87-24)94-56(81)63-14-13-57(3,4)15-27(63)26-9-10-33-58(5)16-28(66)49(59(6,21-64)32(58)11-12-60(33,7)61(26,8)17-34(63)68)93-53-44(78)39(73)37(71)30(89-53)19-84-50-42(76)36(70)29(67)18-83-50/h9,24-25,27-55,64-80,82H,10-23H2,1-8H3. The normalized spacial score (nSPS) is 55.9. The van der Waals surface area contributed by atoms with Crippen LogP contribution >= 0.6 is 0 Å². The van der Waals surface area contributed by atoms with Crippen molar-refractivity contribution in [1.29, 1.82) is 0 Å². The molecule has 540 valence electrons. The van der Waals surface area contributed by atoms with Gasteiger partial charge in [-0.25, -0.2) is 0 Å². The maximum absolute atomic E-state index is 15.6. The molecule has 37 unspecified atom stereocenters. The van der Waals surface area contributed by atoms with Gasteiger partial charge in [-0.2, -0.15) is 0 Å². The van der Waals surface area contributed by atoms with Crippen LogP contribution in [0.25, 0.3) is 0 Å². The summed E-state index contributed by atoms with van der Waals surface area (Å²) in [7, 11) is 0. The summed E-state index contributed by atoms with van der Waals surface area (Å²) < 4.78 is 70.4. The van der Waals surface area contributed by atoms with Gasteiger partial charge in [0.25, 0.3) is 0 Å². The average Bonchev–Trinajstić information content (AvgIpc) is 0.908. The number of hydrogen-bond acceptors (Lipinski definition) is 31. The number of carbonyl (C=O) groups excluding carboxylic acids is 1. The highest BCUT2D eigenvalue weighted by molar-refractivity contribution is 5.80. The van der Waals surface area contributed by atoms with E-state index in [-0.39, 0.29) is 43.1 Å². The molecule has 0 bridgehead atoms. The second-order valence-corrected chi connectivity index (χ2v) is 30.8. The van der Waals surface area contributed by atoms with Crippen molar-refractivity contribution in [2.75, 3.05) is 39.6 Å². The van der Waals surface area contributed by atoms with Crippen LogP contribution in [0.4, 0.5) is 0 Å². The largest absolute Gasteiger partial charge is 0.432 e. The van der Waals surface area contributed by atoms with Crippen molar-refractivity contribution >= 4 is 5.97 Å². The first-order valence-corrected chi connectivity index (χ1v) is 33.1. The molecule has 10 fully saturated rings. The van der Waals surface area contributed by atoms with Gasteiger partial charge in [0.15, 0.2) is 37.6 Å². The fourth-order valence-corrected chi connectivity index (χ4v) is 18.7. The van der Waals surface area contributed by atoms with Crippen LogP contribution in [0.3, 0.4) is 0 Å². The summed E-state index contributed by atoms with van der Waals surface area (Å²) in [5.41, 5.74) is -6.38. The third kappa shape index (κ3) is 12.1. The van der Waals surface area contributed by atoms with E-state index in [4.69, 9.17) is 56.8 Å². The van der Waals surface area contributed by atoms with E-state index in [0.29, 0.717) is 32.1 Å². The summed E-state index contributed by atoms with van der Waals surface area (Å²) >= 11 is 0. The Kier molecular flexibility index (Phi) is 20.9. The van der Waals surface area contributed by atoms with Crippen molar-refractivity contribution in [3.63, 3.8) is 0 Å². The fraction of sp³-hybridized carbons (Fsp3) is 0.952. The van der Waals surface area contributed by atoms with E-state index < -0.39 is 250 Å². The topological polar surface area (TPSA) is 492 Å². The number of carbonyl (C=O) groups is 1. The first kappa shape index (κ1) is 73.3. The zero-order valence-electron chi connectivity index (χ0n) is 54.2. The fourth-order valence-electron chi connectivity index (χ4n) is 18.7. The van der Waals surface area contributed by atoms with E-state index in [9.17, 15) is 91.9 Å². The number of esters is 1. The lowest BCUT2D eigenvalue weighted by molar-refractivity contribution is -0.375. The molecule has 0 amide bonds. The van der Waals surface area contributed by atoms with E-state index >= 15 is 4.79 Å². The van der Waals surface area contributed by atoms with Gasteiger partial charge in [-0.3, -0.25) is 4.79 Å². The summed E-state index contributed by atoms with van der Waals surface area (Å²) in [4.78, 5) is 15.6. The van der Waals surface area contributed by atoms with Crippen LogP contribution < -0.4 is 0 Å². The van der Waals surface area contributed by atoms with Crippen LogP contribution in [0.5, 0.6) is 0 Å². The molecule has 6 aliphatic heterocycles. The van der Waals surface area contributed by atoms with Gasteiger partial charge in [-0.05, 0) is 105 Å². The highest BCUT2D eigenvalue weighted by Gasteiger charge is 2.73. The highest BCUT2D eigenvalue weighted by Crippen LogP contribution is 2.76. The monoisotopic (exact) mass is 1350 g/mol.